The lowest BCUT2D eigenvalue weighted by atomic mass is 10.2. The number of anilines is 1. The van der Waals surface area contributed by atoms with E-state index in [1.807, 2.05) is 6.92 Å². The first-order chi connectivity index (χ1) is 8.69. The van der Waals surface area contributed by atoms with Crippen molar-refractivity contribution in [1.29, 1.82) is 0 Å². The molecule has 1 aliphatic heterocycles. The Morgan fingerprint density at radius 1 is 1.61 bits per heavy atom. The fraction of sp³-hybridized carbons (Fsp3) is 0.583. The van der Waals surface area contributed by atoms with Crippen molar-refractivity contribution in [2.24, 2.45) is 0 Å². The monoisotopic (exact) mass is 251 g/mol. The van der Waals surface area contributed by atoms with Crippen LogP contribution in [0.3, 0.4) is 0 Å². The highest BCUT2D eigenvalue weighted by molar-refractivity contribution is 5.86. The van der Waals surface area contributed by atoms with E-state index in [2.05, 4.69) is 15.3 Å². The molecule has 1 aliphatic rings. The zero-order valence-electron chi connectivity index (χ0n) is 10.3. The van der Waals surface area contributed by atoms with Crippen molar-refractivity contribution >= 4 is 11.8 Å². The zero-order valence-corrected chi connectivity index (χ0v) is 10.3. The van der Waals surface area contributed by atoms with E-state index in [0.29, 0.717) is 24.6 Å². The number of carbonyl (C=O) groups is 1. The average molecular weight is 251 g/mol. The molecule has 2 N–H and O–H groups in total. The summed E-state index contributed by atoms with van der Waals surface area (Å²) in [5.41, 5.74) is 0.0247. The summed E-state index contributed by atoms with van der Waals surface area (Å²) >= 11 is 0. The van der Waals surface area contributed by atoms with Crippen LogP contribution in [0.25, 0.3) is 0 Å². The third-order valence-electron chi connectivity index (χ3n) is 2.84. The number of carboxylic acids is 1. The first-order valence-electron chi connectivity index (χ1n) is 6.15. The fourth-order valence-corrected chi connectivity index (χ4v) is 1.88. The van der Waals surface area contributed by atoms with Crippen LogP contribution in [0, 0.1) is 0 Å². The molecule has 1 atom stereocenters. The van der Waals surface area contributed by atoms with Gasteiger partial charge in [0.25, 0.3) is 0 Å². The first-order valence-corrected chi connectivity index (χ1v) is 6.15. The molecule has 2 heterocycles. The number of ether oxygens (including phenoxy) is 1. The lowest BCUT2D eigenvalue weighted by Crippen LogP contribution is -2.20. The van der Waals surface area contributed by atoms with Crippen LogP contribution in [0.15, 0.2) is 6.07 Å². The van der Waals surface area contributed by atoms with Crippen LogP contribution in [0.5, 0.6) is 0 Å². The molecule has 0 aliphatic carbocycles. The molecule has 0 spiro atoms. The predicted molar refractivity (Wildman–Crippen MR) is 65.8 cm³/mol. The van der Waals surface area contributed by atoms with Gasteiger partial charge in [0.15, 0.2) is 5.69 Å². The van der Waals surface area contributed by atoms with Gasteiger partial charge in [0.2, 0.25) is 0 Å². The third-order valence-corrected chi connectivity index (χ3v) is 2.84. The molecule has 0 radical (unpaired) electrons. The van der Waals surface area contributed by atoms with E-state index in [9.17, 15) is 4.79 Å². The smallest absolute Gasteiger partial charge is 0.354 e. The molecular weight excluding hydrogens is 234 g/mol. The maximum absolute atomic E-state index is 10.9. The molecule has 1 fully saturated rings. The number of hydrogen-bond acceptors (Lipinski definition) is 5. The number of aromatic carboxylic acids is 1. The van der Waals surface area contributed by atoms with Crippen molar-refractivity contribution in [2.75, 3.05) is 18.5 Å². The van der Waals surface area contributed by atoms with Crippen LogP contribution in [0.1, 0.15) is 36.1 Å². The van der Waals surface area contributed by atoms with E-state index in [0.717, 1.165) is 19.4 Å². The number of nitrogens with one attached hydrogen (secondary N) is 1. The van der Waals surface area contributed by atoms with Crippen molar-refractivity contribution in [3.05, 3.63) is 17.6 Å². The summed E-state index contributed by atoms with van der Waals surface area (Å²) in [4.78, 5) is 19.1. The minimum Gasteiger partial charge on any atom is -0.477 e. The predicted octanol–water partition coefficient (Wildman–Crippen LogP) is 1.33. The van der Waals surface area contributed by atoms with E-state index in [-0.39, 0.29) is 11.8 Å². The maximum atomic E-state index is 10.9. The van der Waals surface area contributed by atoms with E-state index in [1.165, 1.54) is 6.07 Å². The molecule has 0 saturated carbocycles. The molecule has 0 aromatic carbocycles. The third kappa shape index (κ3) is 3.16. The molecular formula is C12H17N3O3. The van der Waals surface area contributed by atoms with Crippen molar-refractivity contribution in [3.63, 3.8) is 0 Å². The molecule has 1 aromatic heterocycles. The van der Waals surface area contributed by atoms with Crippen molar-refractivity contribution in [3.8, 4) is 0 Å². The first kappa shape index (κ1) is 12.8. The van der Waals surface area contributed by atoms with Gasteiger partial charge in [0, 0.05) is 25.6 Å². The van der Waals surface area contributed by atoms with Crippen molar-refractivity contribution in [1.82, 2.24) is 9.97 Å². The Bertz CT molecular complexity index is 431. The Kier molecular flexibility index (Phi) is 4.09. The second kappa shape index (κ2) is 5.77. The molecule has 98 valence electrons. The SMILES string of the molecule is CCc1nc(NCC2CCCO2)cc(C(=O)O)n1. The van der Waals surface area contributed by atoms with Gasteiger partial charge in [-0.25, -0.2) is 14.8 Å². The standard InChI is InChI=1S/C12H17N3O3/c1-2-10-14-9(12(16)17)6-11(15-10)13-7-8-4-3-5-18-8/h6,8H,2-5,7H2,1H3,(H,16,17)(H,13,14,15). The normalized spacial score (nSPS) is 18.8. The van der Waals surface area contributed by atoms with Gasteiger partial charge in [-0.3, -0.25) is 0 Å². The summed E-state index contributed by atoms with van der Waals surface area (Å²) in [5, 5.41) is 12.1. The van der Waals surface area contributed by atoms with Gasteiger partial charge in [-0.2, -0.15) is 0 Å². The highest BCUT2D eigenvalue weighted by atomic mass is 16.5. The molecule has 6 heteroatoms. The Labute approximate surface area is 105 Å². The Balaban J connectivity index is 2.05. The number of carboxylic acid groups (broad SMARTS) is 1. The van der Waals surface area contributed by atoms with E-state index in [4.69, 9.17) is 9.84 Å². The van der Waals surface area contributed by atoms with Crippen LogP contribution in [0.4, 0.5) is 5.82 Å². The molecule has 0 amide bonds. The Morgan fingerprint density at radius 2 is 2.44 bits per heavy atom. The van der Waals surface area contributed by atoms with Crippen LogP contribution >= 0.6 is 0 Å². The van der Waals surface area contributed by atoms with Crippen molar-refractivity contribution in [2.45, 2.75) is 32.3 Å². The van der Waals surface area contributed by atoms with Gasteiger partial charge < -0.3 is 15.2 Å². The van der Waals surface area contributed by atoms with E-state index in [1.54, 1.807) is 0 Å². The van der Waals surface area contributed by atoms with Crippen LogP contribution in [-0.4, -0.2) is 40.3 Å². The van der Waals surface area contributed by atoms with Crippen LogP contribution in [-0.2, 0) is 11.2 Å². The quantitative estimate of drug-likeness (QED) is 0.821. The van der Waals surface area contributed by atoms with Gasteiger partial charge in [-0.15, -0.1) is 0 Å². The lowest BCUT2D eigenvalue weighted by Gasteiger charge is -2.12. The number of rotatable bonds is 5. The summed E-state index contributed by atoms with van der Waals surface area (Å²) in [6.07, 6.45) is 2.91. The largest absolute Gasteiger partial charge is 0.477 e. The summed E-state index contributed by atoms with van der Waals surface area (Å²) in [6.45, 7) is 3.35. The summed E-state index contributed by atoms with van der Waals surface area (Å²) in [5.74, 6) is 0.0479. The topological polar surface area (TPSA) is 84.3 Å². The van der Waals surface area contributed by atoms with Gasteiger partial charge in [-0.05, 0) is 12.8 Å². The number of aryl methyl sites for hydroxylation is 1. The van der Waals surface area contributed by atoms with Gasteiger partial charge in [0.05, 0.1) is 6.10 Å². The minimum absolute atomic E-state index is 0.0247. The second-order valence-electron chi connectivity index (χ2n) is 4.23. The van der Waals surface area contributed by atoms with Crippen LogP contribution in [0.2, 0.25) is 0 Å². The highest BCUT2D eigenvalue weighted by Crippen LogP contribution is 2.13. The zero-order chi connectivity index (χ0) is 13.0. The number of nitrogens with zero attached hydrogens (tertiary/aromatic N) is 2. The molecule has 18 heavy (non-hydrogen) atoms. The van der Waals surface area contributed by atoms with Gasteiger partial charge in [-0.1, -0.05) is 6.92 Å². The van der Waals surface area contributed by atoms with Gasteiger partial charge >= 0.3 is 5.97 Å². The molecule has 0 bridgehead atoms. The molecule has 2 rings (SSSR count). The second-order valence-corrected chi connectivity index (χ2v) is 4.23. The van der Waals surface area contributed by atoms with Crippen LogP contribution < -0.4 is 5.32 Å². The molecule has 1 saturated heterocycles. The fourth-order valence-electron chi connectivity index (χ4n) is 1.88. The van der Waals surface area contributed by atoms with E-state index < -0.39 is 5.97 Å². The van der Waals surface area contributed by atoms with Gasteiger partial charge in [0.1, 0.15) is 11.6 Å². The minimum atomic E-state index is -1.03. The lowest BCUT2D eigenvalue weighted by molar-refractivity contribution is 0.0690. The van der Waals surface area contributed by atoms with Crippen molar-refractivity contribution < 1.29 is 14.6 Å². The number of aromatic nitrogens is 2. The maximum Gasteiger partial charge on any atom is 0.354 e. The average Bonchev–Trinajstić information content (AvgIpc) is 2.89. The molecule has 6 nitrogen and oxygen atoms in total. The Morgan fingerprint density at radius 3 is 3.06 bits per heavy atom. The summed E-state index contributed by atoms with van der Waals surface area (Å²) < 4.78 is 5.49. The van der Waals surface area contributed by atoms with E-state index >= 15 is 0 Å². The molecule has 1 aromatic rings. The Hall–Kier alpha value is -1.69. The summed E-state index contributed by atoms with van der Waals surface area (Å²) in [7, 11) is 0. The highest BCUT2D eigenvalue weighted by Gasteiger charge is 2.16. The molecule has 1 unspecified atom stereocenters. The summed E-state index contributed by atoms with van der Waals surface area (Å²) in [6, 6.07) is 1.45. The number of hydrogen-bond donors (Lipinski definition) is 2.